The Labute approximate surface area is 329 Å². The standard InChI is InChI=1S/C55H36S/c1-55(2)49-28-12-11-20-38(49)43-26-14-27-45(53(43)55)52-41-23-8-6-21-39(41)51(40-22-7-9-24-42(40)52)36-18-13-17-35(29-36)46-32-48-47-30-33-15-3-4-16-34(33)31-50(47)56-54(48)44-25-10-5-19-37(44)46/h3-32H,1-2H3. The first-order valence-corrected chi connectivity index (χ1v) is 20.4. The van der Waals surface area contributed by atoms with Gasteiger partial charge in [-0.05, 0) is 118 Å². The molecule has 1 heteroatoms. The van der Waals surface area contributed by atoms with E-state index in [1.807, 2.05) is 11.3 Å². The van der Waals surface area contributed by atoms with E-state index in [1.165, 1.54) is 119 Å². The van der Waals surface area contributed by atoms with Crippen molar-refractivity contribution in [3.63, 3.8) is 0 Å². The largest absolute Gasteiger partial charge is 0.135 e. The fraction of sp³-hybridized carbons (Fsp3) is 0.0545. The molecule has 0 bridgehead atoms. The number of hydrogen-bond acceptors (Lipinski definition) is 1. The van der Waals surface area contributed by atoms with Gasteiger partial charge in [-0.1, -0.05) is 172 Å². The molecule has 56 heavy (non-hydrogen) atoms. The molecule has 0 atom stereocenters. The Morgan fingerprint density at radius 1 is 0.357 bits per heavy atom. The van der Waals surface area contributed by atoms with E-state index >= 15 is 0 Å². The van der Waals surface area contributed by atoms with Gasteiger partial charge in [-0.25, -0.2) is 0 Å². The number of thiophene rings is 1. The van der Waals surface area contributed by atoms with E-state index in [9.17, 15) is 0 Å². The average molecular weight is 729 g/mol. The molecule has 1 aliphatic rings. The van der Waals surface area contributed by atoms with Crippen LogP contribution in [0.25, 0.3) is 108 Å². The van der Waals surface area contributed by atoms with Crippen molar-refractivity contribution in [1.29, 1.82) is 0 Å². The summed E-state index contributed by atoms with van der Waals surface area (Å²) in [5, 5.41) is 13.0. The predicted molar refractivity (Wildman–Crippen MR) is 243 cm³/mol. The first kappa shape index (κ1) is 31.8. The van der Waals surface area contributed by atoms with Crippen molar-refractivity contribution in [2.75, 3.05) is 0 Å². The second-order valence-electron chi connectivity index (χ2n) is 16.0. The lowest BCUT2D eigenvalue weighted by Crippen LogP contribution is -2.16. The van der Waals surface area contributed by atoms with E-state index < -0.39 is 0 Å². The zero-order chi connectivity index (χ0) is 37.1. The lowest BCUT2D eigenvalue weighted by Gasteiger charge is -2.26. The van der Waals surface area contributed by atoms with Crippen molar-refractivity contribution in [2.24, 2.45) is 0 Å². The minimum absolute atomic E-state index is 0.123. The second-order valence-corrected chi connectivity index (χ2v) is 17.0. The first-order valence-electron chi connectivity index (χ1n) is 19.6. The maximum absolute atomic E-state index is 2.46. The van der Waals surface area contributed by atoms with Crippen LogP contribution in [0.5, 0.6) is 0 Å². The molecule has 0 saturated heterocycles. The van der Waals surface area contributed by atoms with Gasteiger partial charge in [0.1, 0.15) is 0 Å². The third kappa shape index (κ3) is 4.41. The topological polar surface area (TPSA) is 0 Å². The third-order valence-corrected chi connectivity index (χ3v) is 13.8. The van der Waals surface area contributed by atoms with Gasteiger partial charge in [-0.2, -0.15) is 0 Å². The summed E-state index contributed by atoms with van der Waals surface area (Å²) in [4.78, 5) is 0. The van der Waals surface area contributed by atoms with Crippen LogP contribution in [0.2, 0.25) is 0 Å². The molecule has 10 aromatic carbocycles. The van der Waals surface area contributed by atoms with E-state index in [1.54, 1.807) is 0 Å². The zero-order valence-electron chi connectivity index (χ0n) is 31.2. The Balaban J connectivity index is 1.11. The van der Waals surface area contributed by atoms with Gasteiger partial charge in [-0.3, -0.25) is 0 Å². The molecule has 12 rings (SSSR count). The molecule has 262 valence electrons. The summed E-state index contributed by atoms with van der Waals surface area (Å²) < 4.78 is 2.70. The van der Waals surface area contributed by atoms with Gasteiger partial charge in [0.05, 0.1) is 0 Å². The van der Waals surface area contributed by atoms with Gasteiger partial charge in [0.25, 0.3) is 0 Å². The maximum Gasteiger partial charge on any atom is 0.0434 e. The highest BCUT2D eigenvalue weighted by Crippen LogP contribution is 2.55. The molecule has 0 spiro atoms. The van der Waals surface area contributed by atoms with Gasteiger partial charge in [0.15, 0.2) is 0 Å². The van der Waals surface area contributed by atoms with Crippen molar-refractivity contribution in [2.45, 2.75) is 19.3 Å². The summed E-state index contributed by atoms with van der Waals surface area (Å²) in [7, 11) is 0. The van der Waals surface area contributed by atoms with Crippen molar-refractivity contribution in [3.05, 3.63) is 193 Å². The maximum atomic E-state index is 2.46. The van der Waals surface area contributed by atoms with Gasteiger partial charge < -0.3 is 0 Å². The second kappa shape index (κ2) is 11.7. The minimum atomic E-state index is -0.123. The highest BCUT2D eigenvalue weighted by atomic mass is 32.1. The van der Waals surface area contributed by atoms with Gasteiger partial charge in [0, 0.05) is 31.0 Å². The predicted octanol–water partition coefficient (Wildman–Crippen LogP) is 16.0. The number of hydrogen-bond donors (Lipinski definition) is 0. The summed E-state index contributed by atoms with van der Waals surface area (Å²) in [6.45, 7) is 4.79. The Bertz CT molecular complexity index is 3390. The van der Waals surface area contributed by atoms with Crippen molar-refractivity contribution in [1.82, 2.24) is 0 Å². The van der Waals surface area contributed by atoms with Crippen molar-refractivity contribution in [3.8, 4) is 44.5 Å². The van der Waals surface area contributed by atoms with E-state index in [2.05, 4.69) is 196 Å². The van der Waals surface area contributed by atoms with E-state index in [4.69, 9.17) is 0 Å². The van der Waals surface area contributed by atoms with Crippen molar-refractivity contribution >= 4 is 74.6 Å². The van der Waals surface area contributed by atoms with Crippen LogP contribution in [-0.4, -0.2) is 0 Å². The zero-order valence-corrected chi connectivity index (χ0v) is 32.0. The quantitative estimate of drug-likeness (QED) is 0.159. The first-order chi connectivity index (χ1) is 27.5. The number of fused-ring (bicyclic) bond motifs is 11. The smallest absolute Gasteiger partial charge is 0.0434 e. The van der Waals surface area contributed by atoms with Gasteiger partial charge in [-0.15, -0.1) is 11.3 Å². The van der Waals surface area contributed by atoms with Crippen LogP contribution < -0.4 is 0 Å². The normalized spacial score (nSPS) is 13.3. The van der Waals surface area contributed by atoms with Gasteiger partial charge in [0.2, 0.25) is 0 Å². The highest BCUT2D eigenvalue weighted by molar-refractivity contribution is 7.26. The molecule has 1 heterocycles. The SMILES string of the molecule is CC1(C)c2ccccc2-c2cccc(-c3c4ccccc4c(-c4cccc(-c5cc6c7cc8ccccc8cc7sc6c6ccccc56)c4)c4ccccc34)c21. The van der Waals surface area contributed by atoms with Crippen LogP contribution in [0.4, 0.5) is 0 Å². The molecule has 0 N–H and O–H groups in total. The Kier molecular flexibility index (Phi) is 6.66. The molecule has 0 saturated carbocycles. The van der Waals surface area contributed by atoms with Crippen LogP contribution in [0.1, 0.15) is 25.0 Å². The fourth-order valence-electron chi connectivity index (χ4n) is 10.1. The lowest BCUT2D eigenvalue weighted by atomic mass is 9.76. The van der Waals surface area contributed by atoms with Crippen LogP contribution >= 0.6 is 11.3 Å². The fourth-order valence-corrected chi connectivity index (χ4v) is 11.4. The third-order valence-electron chi connectivity index (χ3n) is 12.6. The summed E-state index contributed by atoms with van der Waals surface area (Å²) in [5.41, 5.74) is 13.1. The average Bonchev–Trinajstić information content (AvgIpc) is 3.72. The van der Waals surface area contributed by atoms with Crippen LogP contribution in [0, 0.1) is 0 Å². The van der Waals surface area contributed by atoms with Gasteiger partial charge >= 0.3 is 0 Å². The molecule has 0 radical (unpaired) electrons. The molecule has 11 aromatic rings. The van der Waals surface area contributed by atoms with E-state index in [0.29, 0.717) is 0 Å². The summed E-state index contributed by atoms with van der Waals surface area (Å²) in [6.07, 6.45) is 0. The van der Waals surface area contributed by atoms with Crippen LogP contribution in [0.15, 0.2) is 182 Å². The molecule has 0 nitrogen and oxygen atoms in total. The molecular weight excluding hydrogens is 693 g/mol. The monoisotopic (exact) mass is 728 g/mol. The Morgan fingerprint density at radius 3 is 1.66 bits per heavy atom. The Hall–Kier alpha value is -6.54. The van der Waals surface area contributed by atoms with Crippen LogP contribution in [-0.2, 0) is 5.41 Å². The van der Waals surface area contributed by atoms with E-state index in [0.717, 1.165) is 0 Å². The molecule has 0 unspecified atom stereocenters. The van der Waals surface area contributed by atoms with E-state index in [-0.39, 0.29) is 5.41 Å². The molecule has 0 aliphatic heterocycles. The molecular formula is C55H36S. The Morgan fingerprint density at radius 2 is 0.911 bits per heavy atom. The summed E-state index contributed by atoms with van der Waals surface area (Å²) >= 11 is 1.92. The summed E-state index contributed by atoms with van der Waals surface area (Å²) in [5.74, 6) is 0. The summed E-state index contributed by atoms with van der Waals surface area (Å²) in [6, 6.07) is 68.3. The lowest BCUT2D eigenvalue weighted by molar-refractivity contribution is 0.662. The number of rotatable bonds is 3. The molecule has 0 fully saturated rings. The highest BCUT2D eigenvalue weighted by Gasteiger charge is 2.38. The number of benzene rings is 10. The minimum Gasteiger partial charge on any atom is -0.135 e. The van der Waals surface area contributed by atoms with Crippen molar-refractivity contribution < 1.29 is 0 Å². The van der Waals surface area contributed by atoms with Crippen LogP contribution in [0.3, 0.4) is 0 Å². The molecule has 1 aliphatic carbocycles. The molecule has 1 aromatic heterocycles. The molecule has 0 amide bonds.